The molecule has 0 aromatic heterocycles. The Morgan fingerprint density at radius 1 is 1.17 bits per heavy atom. The molecule has 1 N–H and O–H groups in total. The first kappa shape index (κ1) is 18.4. The highest BCUT2D eigenvalue weighted by Crippen LogP contribution is 2.26. The van der Waals surface area contributed by atoms with Gasteiger partial charge in [0.05, 0.1) is 10.7 Å². The van der Waals surface area contributed by atoms with Crippen LogP contribution in [0.3, 0.4) is 0 Å². The van der Waals surface area contributed by atoms with Crippen molar-refractivity contribution in [2.45, 2.75) is 13.8 Å². The lowest BCUT2D eigenvalue weighted by Crippen LogP contribution is -2.26. The van der Waals surface area contributed by atoms with Crippen LogP contribution in [0.25, 0.3) is 0 Å². The minimum atomic E-state index is -0.153. The van der Waals surface area contributed by atoms with E-state index in [4.69, 9.17) is 0 Å². The van der Waals surface area contributed by atoms with Gasteiger partial charge < -0.3 is 10.2 Å². The quantitative estimate of drug-likeness (QED) is 0.617. The summed E-state index contributed by atoms with van der Waals surface area (Å²) < 4.78 is 1.70. The van der Waals surface area contributed by atoms with Gasteiger partial charge in [0, 0.05) is 33.2 Å². The van der Waals surface area contributed by atoms with Crippen LogP contribution in [0.4, 0.5) is 0 Å². The largest absolute Gasteiger partial charge is 0.367 e. The zero-order valence-corrected chi connectivity index (χ0v) is 17.0. The monoisotopic (exact) mass is 456 g/mol. The van der Waals surface area contributed by atoms with Crippen molar-refractivity contribution in [2.24, 2.45) is 0 Å². The highest BCUT2D eigenvalue weighted by Gasteiger charge is 2.17. The van der Waals surface area contributed by atoms with E-state index in [1.807, 2.05) is 24.3 Å². The zero-order chi connectivity index (χ0) is 17.0. The van der Waals surface area contributed by atoms with Crippen molar-refractivity contribution in [3.05, 3.63) is 67.2 Å². The first-order chi connectivity index (χ1) is 11.0. The van der Waals surface area contributed by atoms with Crippen LogP contribution in [0.2, 0.25) is 0 Å². The molecule has 6 heteroatoms. The second kappa shape index (κ2) is 8.22. The number of carbonyl (C=O) groups excluding carboxylic acids is 1. The molecule has 1 aliphatic rings. The Balaban J connectivity index is 2.22. The molecule has 122 valence electrons. The third kappa shape index (κ3) is 4.52. The van der Waals surface area contributed by atoms with Gasteiger partial charge in [0.2, 0.25) is 0 Å². The van der Waals surface area contributed by atoms with E-state index in [-0.39, 0.29) is 5.91 Å². The zero-order valence-electron chi connectivity index (χ0n) is 12.9. The van der Waals surface area contributed by atoms with Crippen LogP contribution in [0.5, 0.6) is 0 Å². The fraction of sp³-hybridized carbons (Fsp3) is 0.235. The van der Waals surface area contributed by atoms with Gasteiger partial charge in [0.25, 0.3) is 5.91 Å². The Bertz CT molecular complexity index is 686. The second-order valence-corrected chi connectivity index (χ2v) is 7.22. The highest BCUT2D eigenvalue weighted by molar-refractivity contribution is 9.11. The summed E-state index contributed by atoms with van der Waals surface area (Å²) in [6, 6.07) is 5.47. The van der Waals surface area contributed by atoms with Gasteiger partial charge in [-0.05, 0) is 38.1 Å². The Kier molecular flexibility index (Phi) is 6.56. The first-order valence-corrected chi connectivity index (χ1v) is 9.34. The molecule has 1 amide bonds. The van der Waals surface area contributed by atoms with E-state index in [0.717, 1.165) is 38.3 Å². The Hall–Kier alpha value is -0.980. The molecule has 0 fully saturated rings. The molecule has 1 aliphatic carbocycles. The van der Waals surface area contributed by atoms with Crippen LogP contribution in [0.15, 0.2) is 61.7 Å². The van der Waals surface area contributed by atoms with Gasteiger partial charge in [-0.2, -0.15) is 0 Å². The van der Waals surface area contributed by atoms with Crippen LogP contribution >= 0.6 is 44.5 Å². The summed E-state index contributed by atoms with van der Waals surface area (Å²) in [5.74, 6) is -0.153. The minimum Gasteiger partial charge on any atom is -0.367 e. The minimum absolute atomic E-state index is 0.153. The van der Waals surface area contributed by atoms with E-state index in [1.54, 1.807) is 12.1 Å². The van der Waals surface area contributed by atoms with E-state index in [9.17, 15) is 4.79 Å². The van der Waals surface area contributed by atoms with Gasteiger partial charge in [-0.25, -0.2) is 0 Å². The van der Waals surface area contributed by atoms with Gasteiger partial charge in [0.15, 0.2) is 0 Å². The molecule has 0 bridgehead atoms. The molecule has 0 spiro atoms. The lowest BCUT2D eigenvalue weighted by Gasteiger charge is -2.23. The van der Waals surface area contributed by atoms with Crippen LogP contribution in [-0.4, -0.2) is 23.9 Å². The maximum absolute atomic E-state index is 12.5. The molecule has 1 aromatic rings. The van der Waals surface area contributed by atoms with Crippen molar-refractivity contribution < 1.29 is 4.79 Å². The van der Waals surface area contributed by atoms with Crippen LogP contribution in [-0.2, 0) is 0 Å². The summed E-state index contributed by atoms with van der Waals surface area (Å²) >= 11 is 11.4. The van der Waals surface area contributed by atoms with Crippen molar-refractivity contribution >= 4 is 50.4 Å². The number of rotatable bonds is 5. The Morgan fingerprint density at radius 2 is 1.78 bits per heavy atom. The van der Waals surface area contributed by atoms with Crippen molar-refractivity contribution in [3.8, 4) is 0 Å². The molecule has 0 heterocycles. The number of benzene rings is 1. The number of hydrogen-bond acceptors (Lipinski definition) is 3. The summed E-state index contributed by atoms with van der Waals surface area (Å²) in [4.78, 5) is 14.6. The third-order valence-electron chi connectivity index (χ3n) is 3.49. The van der Waals surface area contributed by atoms with Gasteiger partial charge in [-0.3, -0.25) is 4.79 Å². The van der Waals surface area contributed by atoms with Crippen molar-refractivity contribution in [1.29, 1.82) is 0 Å². The van der Waals surface area contributed by atoms with Gasteiger partial charge in [0.1, 0.15) is 0 Å². The smallest absolute Gasteiger partial charge is 0.255 e. The number of hydrogen-bond donors (Lipinski definition) is 2. The van der Waals surface area contributed by atoms with E-state index in [2.05, 4.69) is 68.6 Å². The molecule has 23 heavy (non-hydrogen) atoms. The third-order valence-corrected chi connectivity index (χ3v) is 4.93. The topological polar surface area (TPSA) is 32.3 Å². The van der Waals surface area contributed by atoms with E-state index >= 15 is 0 Å². The molecule has 1 aromatic carbocycles. The molecule has 0 saturated carbocycles. The van der Waals surface area contributed by atoms with E-state index < -0.39 is 0 Å². The molecule has 0 unspecified atom stereocenters. The molecule has 0 saturated heterocycles. The Labute approximate surface area is 159 Å². The summed E-state index contributed by atoms with van der Waals surface area (Å²) in [6.07, 6.45) is 5.77. The number of thiol groups is 1. The van der Waals surface area contributed by atoms with Crippen molar-refractivity contribution in [3.63, 3.8) is 0 Å². The van der Waals surface area contributed by atoms with Crippen molar-refractivity contribution in [2.75, 3.05) is 13.1 Å². The summed E-state index contributed by atoms with van der Waals surface area (Å²) in [6.45, 7) is 5.90. The fourth-order valence-electron chi connectivity index (χ4n) is 2.30. The normalized spacial score (nSPS) is 15.4. The van der Waals surface area contributed by atoms with Crippen LogP contribution < -0.4 is 5.32 Å². The number of nitrogens with one attached hydrogen (secondary N) is 1. The Morgan fingerprint density at radius 3 is 2.35 bits per heavy atom. The van der Waals surface area contributed by atoms with Crippen molar-refractivity contribution in [1.82, 2.24) is 10.2 Å². The van der Waals surface area contributed by atoms with Crippen LogP contribution in [0, 0.1) is 0 Å². The molecule has 3 nitrogen and oxygen atoms in total. The molecule has 0 aliphatic heterocycles. The maximum Gasteiger partial charge on any atom is 0.255 e. The second-order valence-electron chi connectivity index (χ2n) is 4.96. The number of carbonyl (C=O) groups is 1. The first-order valence-electron chi connectivity index (χ1n) is 7.30. The number of nitrogens with zero attached hydrogens (tertiary/aromatic N) is 1. The predicted octanol–water partition coefficient (Wildman–Crippen LogP) is 4.88. The average Bonchev–Trinajstić information content (AvgIpc) is 2.95. The standard InChI is InChI=1S/C17H18Br2N2OS/c1-3-21(4-2)17(23)14-6-5-7-15(14)20-16(22)11-8-12(18)10-13(19)9-11/h5-10,23H,3-4H2,1-2H3,(H,20,22)/b17-14+. The SMILES string of the molecule is CCN(CC)/C(S)=C1/C=CC=C1NC(=O)c1cc(Br)cc(Br)c1. The van der Waals surface area contributed by atoms with Gasteiger partial charge >= 0.3 is 0 Å². The van der Waals surface area contributed by atoms with Crippen LogP contribution in [0.1, 0.15) is 24.2 Å². The lowest BCUT2D eigenvalue weighted by atomic mass is 10.2. The fourth-order valence-corrected chi connectivity index (χ4v) is 4.07. The molecule has 0 radical (unpaired) electrons. The molecular weight excluding hydrogens is 440 g/mol. The number of allylic oxidation sites excluding steroid dienone is 3. The highest BCUT2D eigenvalue weighted by atomic mass is 79.9. The molecular formula is C17H18Br2N2OS. The number of amides is 1. The summed E-state index contributed by atoms with van der Waals surface area (Å²) in [5.41, 5.74) is 2.28. The maximum atomic E-state index is 12.5. The van der Waals surface area contributed by atoms with Gasteiger partial charge in [-0.1, -0.05) is 44.0 Å². The van der Waals surface area contributed by atoms with E-state index in [0.29, 0.717) is 5.56 Å². The predicted molar refractivity (Wildman–Crippen MR) is 105 cm³/mol. The summed E-state index contributed by atoms with van der Waals surface area (Å²) in [7, 11) is 0. The molecule has 2 rings (SSSR count). The van der Waals surface area contributed by atoms with E-state index in [1.165, 1.54) is 0 Å². The molecule has 0 atom stereocenters. The van der Waals surface area contributed by atoms with Gasteiger partial charge in [-0.15, -0.1) is 12.6 Å². The lowest BCUT2D eigenvalue weighted by molar-refractivity contribution is 0.0966. The summed E-state index contributed by atoms with van der Waals surface area (Å²) in [5, 5.41) is 3.83. The number of halogens is 2. The average molecular weight is 458 g/mol.